The minimum Gasteiger partial charge on any atom is -0.383 e. The van der Waals surface area contributed by atoms with Gasteiger partial charge in [-0.05, 0) is 19.1 Å². The number of nitrogen functional groups attached to an aromatic ring is 1. The number of carbonyl (C=O) groups is 1. The van der Waals surface area contributed by atoms with Crippen LogP contribution in [-0.2, 0) is 0 Å². The van der Waals surface area contributed by atoms with Crippen LogP contribution in [-0.4, -0.2) is 35.1 Å². The van der Waals surface area contributed by atoms with Crippen molar-refractivity contribution in [2.75, 3.05) is 18.8 Å². The van der Waals surface area contributed by atoms with Crippen molar-refractivity contribution in [2.45, 2.75) is 13.1 Å². The Balaban J connectivity index is 2.91. The highest BCUT2D eigenvalue weighted by molar-refractivity contribution is 5.98. The van der Waals surface area contributed by atoms with Crippen LogP contribution in [0.4, 0.5) is 19.0 Å². The van der Waals surface area contributed by atoms with Gasteiger partial charge in [0.2, 0.25) is 0 Å². The fourth-order valence-electron chi connectivity index (χ4n) is 1.31. The van der Waals surface area contributed by atoms with Crippen LogP contribution in [0.2, 0.25) is 0 Å². The van der Waals surface area contributed by atoms with Gasteiger partial charge in [-0.3, -0.25) is 4.79 Å². The van der Waals surface area contributed by atoms with E-state index in [2.05, 4.69) is 4.98 Å². The smallest absolute Gasteiger partial charge is 0.383 e. The number of hydrogen-bond donors (Lipinski definition) is 1. The number of aromatic nitrogens is 1. The summed E-state index contributed by atoms with van der Waals surface area (Å²) in [6, 6.07) is 2.80. The van der Waals surface area contributed by atoms with Crippen molar-refractivity contribution in [1.82, 2.24) is 9.88 Å². The van der Waals surface area contributed by atoms with E-state index in [1.54, 1.807) is 0 Å². The molecular formula is C10H12F3N3O. The summed E-state index contributed by atoms with van der Waals surface area (Å²) in [4.78, 5) is 16.1. The number of carbonyl (C=O) groups excluding carboxylic acids is 1. The van der Waals surface area contributed by atoms with Crippen molar-refractivity contribution in [2.24, 2.45) is 0 Å². The molecule has 17 heavy (non-hydrogen) atoms. The Morgan fingerprint density at radius 1 is 1.53 bits per heavy atom. The van der Waals surface area contributed by atoms with Gasteiger partial charge in [-0.2, -0.15) is 13.2 Å². The predicted molar refractivity (Wildman–Crippen MR) is 56.3 cm³/mol. The maximum atomic E-state index is 12.2. The number of rotatable bonds is 3. The summed E-state index contributed by atoms with van der Waals surface area (Å²) < 4.78 is 36.7. The summed E-state index contributed by atoms with van der Waals surface area (Å²) in [7, 11) is 0. The third kappa shape index (κ3) is 3.61. The minimum atomic E-state index is -4.43. The zero-order valence-electron chi connectivity index (χ0n) is 9.16. The average Bonchev–Trinajstić information content (AvgIpc) is 2.24. The van der Waals surface area contributed by atoms with Crippen molar-refractivity contribution >= 4 is 11.7 Å². The molecule has 0 unspecified atom stereocenters. The Morgan fingerprint density at radius 3 is 2.65 bits per heavy atom. The number of anilines is 1. The first-order chi connectivity index (χ1) is 7.85. The van der Waals surface area contributed by atoms with Gasteiger partial charge in [-0.15, -0.1) is 0 Å². The molecule has 94 valence electrons. The fourth-order valence-corrected chi connectivity index (χ4v) is 1.31. The molecule has 0 aromatic carbocycles. The molecule has 1 amide bonds. The SMILES string of the molecule is CCN(CC(F)(F)F)C(=O)c1cccnc1N. The third-order valence-electron chi connectivity index (χ3n) is 2.11. The Bertz CT molecular complexity index is 406. The molecule has 0 saturated carbocycles. The lowest BCUT2D eigenvalue weighted by atomic mass is 10.2. The van der Waals surface area contributed by atoms with E-state index in [-0.39, 0.29) is 17.9 Å². The van der Waals surface area contributed by atoms with Crippen LogP contribution in [0, 0.1) is 0 Å². The van der Waals surface area contributed by atoms with Crippen molar-refractivity contribution in [3.63, 3.8) is 0 Å². The van der Waals surface area contributed by atoms with Gasteiger partial charge in [-0.25, -0.2) is 4.98 Å². The molecule has 0 radical (unpaired) electrons. The van der Waals surface area contributed by atoms with E-state index in [0.717, 1.165) is 0 Å². The highest BCUT2D eigenvalue weighted by atomic mass is 19.4. The van der Waals surface area contributed by atoms with E-state index in [1.807, 2.05) is 0 Å². The molecular weight excluding hydrogens is 235 g/mol. The molecule has 0 fully saturated rings. The van der Waals surface area contributed by atoms with Crippen LogP contribution in [0.3, 0.4) is 0 Å². The number of amides is 1. The highest BCUT2D eigenvalue weighted by Crippen LogP contribution is 2.19. The second-order valence-corrected chi connectivity index (χ2v) is 3.37. The normalized spacial score (nSPS) is 11.3. The van der Waals surface area contributed by atoms with Crippen molar-refractivity contribution in [3.05, 3.63) is 23.9 Å². The maximum absolute atomic E-state index is 12.2. The second-order valence-electron chi connectivity index (χ2n) is 3.37. The number of pyridine rings is 1. The van der Waals surface area contributed by atoms with E-state index in [1.165, 1.54) is 25.3 Å². The van der Waals surface area contributed by atoms with Gasteiger partial charge in [0.05, 0.1) is 5.56 Å². The molecule has 2 N–H and O–H groups in total. The van der Waals surface area contributed by atoms with Crippen molar-refractivity contribution in [1.29, 1.82) is 0 Å². The molecule has 0 saturated heterocycles. The quantitative estimate of drug-likeness (QED) is 0.884. The van der Waals surface area contributed by atoms with Gasteiger partial charge in [0.15, 0.2) is 0 Å². The largest absolute Gasteiger partial charge is 0.406 e. The summed E-state index contributed by atoms with van der Waals surface area (Å²) >= 11 is 0. The molecule has 0 aliphatic heterocycles. The third-order valence-corrected chi connectivity index (χ3v) is 2.11. The maximum Gasteiger partial charge on any atom is 0.406 e. The van der Waals surface area contributed by atoms with Crippen LogP contribution in [0.15, 0.2) is 18.3 Å². The second kappa shape index (κ2) is 5.03. The topological polar surface area (TPSA) is 59.2 Å². The van der Waals surface area contributed by atoms with Gasteiger partial charge in [-0.1, -0.05) is 0 Å². The summed E-state index contributed by atoms with van der Waals surface area (Å²) in [6.07, 6.45) is -3.06. The standard InChI is InChI=1S/C10H12F3N3O/c1-2-16(6-10(11,12)13)9(17)7-4-3-5-15-8(7)14/h3-5H,2,6H2,1H3,(H2,14,15). The van der Waals surface area contributed by atoms with Crippen LogP contribution in [0.5, 0.6) is 0 Å². The van der Waals surface area contributed by atoms with Crippen molar-refractivity contribution < 1.29 is 18.0 Å². The van der Waals surface area contributed by atoms with Gasteiger partial charge in [0, 0.05) is 12.7 Å². The first kappa shape index (κ1) is 13.3. The molecule has 0 spiro atoms. The fraction of sp³-hybridized carbons (Fsp3) is 0.400. The van der Waals surface area contributed by atoms with Gasteiger partial charge in [0.1, 0.15) is 12.4 Å². The molecule has 0 aliphatic carbocycles. The molecule has 1 aromatic heterocycles. The lowest BCUT2D eigenvalue weighted by Crippen LogP contribution is -2.39. The lowest BCUT2D eigenvalue weighted by Gasteiger charge is -2.22. The first-order valence-corrected chi connectivity index (χ1v) is 4.91. The van der Waals surface area contributed by atoms with Crippen LogP contribution in [0.1, 0.15) is 17.3 Å². The number of alkyl halides is 3. The molecule has 0 aliphatic rings. The van der Waals surface area contributed by atoms with Gasteiger partial charge >= 0.3 is 6.18 Å². The van der Waals surface area contributed by atoms with Crippen LogP contribution < -0.4 is 5.73 Å². The summed E-state index contributed by atoms with van der Waals surface area (Å²) in [5, 5.41) is 0. The molecule has 1 aromatic rings. The van der Waals surface area contributed by atoms with E-state index in [4.69, 9.17) is 5.73 Å². The molecule has 1 heterocycles. The molecule has 1 rings (SSSR count). The zero-order valence-corrected chi connectivity index (χ0v) is 9.16. The average molecular weight is 247 g/mol. The monoisotopic (exact) mass is 247 g/mol. The predicted octanol–water partition coefficient (Wildman–Crippen LogP) is 1.69. The number of hydrogen-bond acceptors (Lipinski definition) is 3. The molecule has 4 nitrogen and oxygen atoms in total. The first-order valence-electron chi connectivity index (χ1n) is 4.91. The van der Waals surface area contributed by atoms with Crippen LogP contribution >= 0.6 is 0 Å². The number of nitrogens with two attached hydrogens (primary N) is 1. The lowest BCUT2D eigenvalue weighted by molar-refractivity contribution is -0.140. The highest BCUT2D eigenvalue weighted by Gasteiger charge is 2.33. The zero-order chi connectivity index (χ0) is 13.1. The van der Waals surface area contributed by atoms with E-state index < -0.39 is 18.6 Å². The summed E-state index contributed by atoms with van der Waals surface area (Å²) in [6.45, 7) is 0.125. The number of halogens is 3. The molecule has 7 heteroatoms. The molecule has 0 atom stereocenters. The van der Waals surface area contributed by atoms with Crippen LogP contribution in [0.25, 0.3) is 0 Å². The van der Waals surface area contributed by atoms with E-state index >= 15 is 0 Å². The Morgan fingerprint density at radius 2 is 2.18 bits per heavy atom. The molecule has 0 bridgehead atoms. The van der Waals surface area contributed by atoms with E-state index in [0.29, 0.717) is 4.90 Å². The minimum absolute atomic E-state index is 0.0152. The Kier molecular flexibility index (Phi) is 3.93. The Labute approximate surface area is 96.2 Å². The number of nitrogens with zero attached hydrogens (tertiary/aromatic N) is 2. The van der Waals surface area contributed by atoms with Crippen molar-refractivity contribution in [3.8, 4) is 0 Å². The van der Waals surface area contributed by atoms with E-state index in [9.17, 15) is 18.0 Å². The summed E-state index contributed by atoms with van der Waals surface area (Å²) in [5.41, 5.74) is 5.42. The van der Waals surface area contributed by atoms with Gasteiger partial charge < -0.3 is 10.6 Å². The van der Waals surface area contributed by atoms with Gasteiger partial charge in [0.25, 0.3) is 5.91 Å². The Hall–Kier alpha value is -1.79. The summed E-state index contributed by atoms with van der Waals surface area (Å²) in [5.74, 6) is -0.839.